The highest BCUT2D eigenvalue weighted by molar-refractivity contribution is 6.32. The normalized spacial score (nSPS) is 10.6. The van der Waals surface area contributed by atoms with Crippen LogP contribution >= 0.6 is 11.6 Å². The Morgan fingerprint density at radius 2 is 1.88 bits per heavy atom. The topological polar surface area (TPSA) is 25.8 Å². The molecule has 3 heteroatoms. The fourth-order valence-electron chi connectivity index (χ4n) is 1.85. The second kappa shape index (κ2) is 4.15. The quantitative estimate of drug-likeness (QED) is 0.602. The highest BCUT2D eigenvalue weighted by Crippen LogP contribution is 2.28. The monoisotopic (exact) mass is 240 g/mol. The summed E-state index contributed by atoms with van der Waals surface area (Å²) in [6, 6.07) is 12.0. The summed E-state index contributed by atoms with van der Waals surface area (Å²) in [6.45, 7) is 0. The molecule has 2 nitrogen and oxygen atoms in total. The van der Waals surface area contributed by atoms with Crippen molar-refractivity contribution in [3.05, 3.63) is 60.1 Å². The molecule has 2 heterocycles. The summed E-state index contributed by atoms with van der Waals surface area (Å²) in [5, 5.41) is 2.80. The van der Waals surface area contributed by atoms with E-state index in [-0.39, 0.29) is 0 Å². The van der Waals surface area contributed by atoms with Gasteiger partial charge < -0.3 is 0 Å². The van der Waals surface area contributed by atoms with Crippen molar-refractivity contribution in [1.82, 2.24) is 9.97 Å². The largest absolute Gasteiger partial charge is 0.264 e. The first kappa shape index (κ1) is 10.2. The van der Waals surface area contributed by atoms with Crippen molar-refractivity contribution in [3.8, 4) is 11.1 Å². The zero-order valence-corrected chi connectivity index (χ0v) is 9.72. The SMILES string of the molecule is Clc1ncccc1-c1ccc2ccncc2c1. The van der Waals surface area contributed by atoms with E-state index in [0.717, 1.165) is 16.5 Å². The number of halogens is 1. The molecule has 3 rings (SSSR count). The Bertz CT molecular complexity index is 680. The first-order valence-electron chi connectivity index (χ1n) is 5.29. The van der Waals surface area contributed by atoms with Gasteiger partial charge in [0, 0.05) is 29.5 Å². The van der Waals surface area contributed by atoms with Crippen molar-refractivity contribution in [1.29, 1.82) is 0 Å². The van der Waals surface area contributed by atoms with Gasteiger partial charge >= 0.3 is 0 Å². The molecule has 0 spiro atoms. The van der Waals surface area contributed by atoms with Gasteiger partial charge in [0.25, 0.3) is 0 Å². The van der Waals surface area contributed by atoms with E-state index in [1.54, 1.807) is 12.4 Å². The summed E-state index contributed by atoms with van der Waals surface area (Å²) in [4.78, 5) is 8.21. The van der Waals surface area contributed by atoms with E-state index >= 15 is 0 Å². The lowest BCUT2D eigenvalue weighted by Gasteiger charge is -2.04. The summed E-state index contributed by atoms with van der Waals surface area (Å²) in [7, 11) is 0. The minimum atomic E-state index is 0.524. The third-order valence-corrected chi connectivity index (χ3v) is 3.01. The van der Waals surface area contributed by atoms with Gasteiger partial charge in [-0.2, -0.15) is 0 Å². The number of fused-ring (bicyclic) bond motifs is 1. The lowest BCUT2D eigenvalue weighted by Crippen LogP contribution is -1.83. The summed E-state index contributed by atoms with van der Waals surface area (Å²) in [5.74, 6) is 0. The van der Waals surface area contributed by atoms with Gasteiger partial charge in [0.05, 0.1) is 0 Å². The molecule has 0 saturated carbocycles. The molecule has 0 N–H and O–H groups in total. The van der Waals surface area contributed by atoms with Crippen LogP contribution in [0.2, 0.25) is 5.15 Å². The average Bonchev–Trinajstić information content (AvgIpc) is 2.39. The van der Waals surface area contributed by atoms with Crippen LogP contribution in [-0.4, -0.2) is 9.97 Å². The maximum absolute atomic E-state index is 6.08. The standard InChI is InChI=1S/C14H9ClN2/c15-14-13(2-1-6-17-14)11-4-3-10-5-7-16-9-12(10)8-11/h1-9H. The zero-order chi connectivity index (χ0) is 11.7. The van der Waals surface area contributed by atoms with Crippen LogP contribution in [0.1, 0.15) is 0 Å². The Kier molecular flexibility index (Phi) is 2.50. The Labute approximate surface area is 104 Å². The van der Waals surface area contributed by atoms with Crippen LogP contribution in [0, 0.1) is 0 Å². The molecule has 82 valence electrons. The molecule has 0 aliphatic rings. The van der Waals surface area contributed by atoms with Gasteiger partial charge in [0.2, 0.25) is 0 Å². The van der Waals surface area contributed by atoms with E-state index in [1.165, 1.54) is 5.39 Å². The number of benzene rings is 1. The van der Waals surface area contributed by atoms with E-state index in [1.807, 2.05) is 30.5 Å². The molecule has 0 aliphatic carbocycles. The van der Waals surface area contributed by atoms with E-state index in [4.69, 9.17) is 11.6 Å². The van der Waals surface area contributed by atoms with Gasteiger partial charge in [-0.15, -0.1) is 0 Å². The Balaban J connectivity index is 2.22. The summed E-state index contributed by atoms with van der Waals surface area (Å²) >= 11 is 6.08. The van der Waals surface area contributed by atoms with Crippen molar-refractivity contribution in [2.24, 2.45) is 0 Å². The lowest BCUT2D eigenvalue weighted by atomic mass is 10.0. The predicted octanol–water partition coefficient (Wildman–Crippen LogP) is 3.95. The van der Waals surface area contributed by atoms with Crippen LogP contribution < -0.4 is 0 Å². The molecule has 17 heavy (non-hydrogen) atoms. The predicted molar refractivity (Wildman–Crippen MR) is 70.0 cm³/mol. The molecule has 2 aromatic heterocycles. The van der Waals surface area contributed by atoms with Crippen LogP contribution in [0.15, 0.2) is 55.0 Å². The van der Waals surface area contributed by atoms with Gasteiger partial charge in [0.15, 0.2) is 0 Å². The second-order valence-electron chi connectivity index (χ2n) is 3.78. The number of aromatic nitrogens is 2. The van der Waals surface area contributed by atoms with Crippen molar-refractivity contribution in [2.45, 2.75) is 0 Å². The van der Waals surface area contributed by atoms with Crippen LogP contribution in [0.25, 0.3) is 21.9 Å². The first-order chi connectivity index (χ1) is 8.34. The maximum Gasteiger partial charge on any atom is 0.136 e. The molecule has 0 bridgehead atoms. The molecule has 0 radical (unpaired) electrons. The smallest absolute Gasteiger partial charge is 0.136 e. The van der Waals surface area contributed by atoms with Crippen molar-refractivity contribution < 1.29 is 0 Å². The number of nitrogens with zero attached hydrogens (tertiary/aromatic N) is 2. The fraction of sp³-hybridized carbons (Fsp3) is 0. The zero-order valence-electron chi connectivity index (χ0n) is 8.97. The molecule has 0 aliphatic heterocycles. The third kappa shape index (κ3) is 1.87. The summed E-state index contributed by atoms with van der Waals surface area (Å²) < 4.78 is 0. The number of hydrogen-bond acceptors (Lipinski definition) is 2. The Morgan fingerprint density at radius 3 is 2.76 bits per heavy atom. The molecule has 0 fully saturated rings. The van der Waals surface area contributed by atoms with Crippen molar-refractivity contribution in [3.63, 3.8) is 0 Å². The molecular weight excluding hydrogens is 232 g/mol. The molecule has 0 amide bonds. The summed E-state index contributed by atoms with van der Waals surface area (Å²) in [6.07, 6.45) is 5.33. The third-order valence-electron chi connectivity index (χ3n) is 2.71. The Morgan fingerprint density at radius 1 is 0.941 bits per heavy atom. The van der Waals surface area contributed by atoms with Crippen molar-refractivity contribution in [2.75, 3.05) is 0 Å². The molecular formula is C14H9ClN2. The number of pyridine rings is 2. The van der Waals surface area contributed by atoms with Gasteiger partial charge in [0.1, 0.15) is 5.15 Å². The minimum Gasteiger partial charge on any atom is -0.264 e. The van der Waals surface area contributed by atoms with Crippen molar-refractivity contribution >= 4 is 22.4 Å². The van der Waals surface area contributed by atoms with Gasteiger partial charge in [-0.3, -0.25) is 4.98 Å². The van der Waals surface area contributed by atoms with E-state index < -0.39 is 0 Å². The molecule has 0 unspecified atom stereocenters. The molecule has 3 aromatic rings. The average molecular weight is 241 g/mol. The highest BCUT2D eigenvalue weighted by atomic mass is 35.5. The highest BCUT2D eigenvalue weighted by Gasteiger charge is 2.04. The fourth-order valence-corrected chi connectivity index (χ4v) is 2.08. The number of hydrogen-bond donors (Lipinski definition) is 0. The van der Waals surface area contributed by atoms with Crippen LogP contribution in [0.3, 0.4) is 0 Å². The van der Waals surface area contributed by atoms with Gasteiger partial charge in [-0.05, 0) is 35.2 Å². The van der Waals surface area contributed by atoms with E-state index in [2.05, 4.69) is 22.1 Å². The summed E-state index contributed by atoms with van der Waals surface area (Å²) in [5.41, 5.74) is 2.00. The van der Waals surface area contributed by atoms with Crippen LogP contribution in [0.5, 0.6) is 0 Å². The Hall–Kier alpha value is -1.93. The lowest BCUT2D eigenvalue weighted by molar-refractivity contribution is 1.33. The van der Waals surface area contributed by atoms with E-state index in [9.17, 15) is 0 Å². The van der Waals surface area contributed by atoms with Gasteiger partial charge in [-0.1, -0.05) is 23.7 Å². The van der Waals surface area contributed by atoms with Gasteiger partial charge in [-0.25, -0.2) is 4.98 Å². The number of rotatable bonds is 1. The molecule has 0 saturated heterocycles. The first-order valence-corrected chi connectivity index (χ1v) is 5.67. The minimum absolute atomic E-state index is 0.524. The molecule has 0 atom stereocenters. The van der Waals surface area contributed by atoms with Crippen LogP contribution in [0.4, 0.5) is 0 Å². The maximum atomic E-state index is 6.08. The molecule has 1 aromatic carbocycles. The van der Waals surface area contributed by atoms with Crippen LogP contribution in [-0.2, 0) is 0 Å². The van der Waals surface area contributed by atoms with E-state index in [0.29, 0.717) is 5.15 Å². The second-order valence-corrected chi connectivity index (χ2v) is 4.14.